The van der Waals surface area contributed by atoms with Crippen molar-refractivity contribution < 1.29 is 34.2 Å². The first-order chi connectivity index (χ1) is 23.2. The molecule has 0 aliphatic heterocycles. The Bertz CT molecular complexity index is 1760. The highest BCUT2D eigenvalue weighted by atomic mass is 32.1. The van der Waals surface area contributed by atoms with E-state index in [0.29, 0.717) is 27.7 Å². The Morgan fingerprint density at radius 1 is 0.854 bits per heavy atom. The van der Waals surface area contributed by atoms with E-state index in [2.05, 4.69) is 22.0 Å². The Hall–Kier alpha value is -5.03. The van der Waals surface area contributed by atoms with Crippen LogP contribution in [0.3, 0.4) is 0 Å². The van der Waals surface area contributed by atoms with Crippen LogP contribution in [0.1, 0.15) is 97.6 Å². The Balaban J connectivity index is 1.19. The van der Waals surface area contributed by atoms with Gasteiger partial charge in [0.2, 0.25) is 5.91 Å². The standard InChI is InChI=1S/C37H39N3O7S/c41-31(9-4-10-32(42)43)38-22-25-5-3-6-27(21-25)34(44)40-36-33(29-7-1-2-8-30(29)48-36)35(45)39-28-19-15-24(16-20-28)12-11-23-13-17-26(18-14-23)37(46)47/h3,5-6,13-15,17-21,24H,1-2,4,7-12,16,22H2,(H,38,41)(H,39,45)(H,40,44)(H,42,43)(H,46,47). The van der Waals surface area contributed by atoms with Gasteiger partial charge in [-0.15, -0.1) is 11.3 Å². The highest BCUT2D eigenvalue weighted by Gasteiger charge is 2.27. The maximum atomic E-state index is 13.7. The zero-order chi connectivity index (χ0) is 34.0. The van der Waals surface area contributed by atoms with Crippen molar-refractivity contribution >= 4 is 46.0 Å². The molecular formula is C37H39N3O7S. The second-order valence-electron chi connectivity index (χ2n) is 12.1. The monoisotopic (exact) mass is 669 g/mol. The fourth-order valence-electron chi connectivity index (χ4n) is 5.91. The lowest BCUT2D eigenvalue weighted by Gasteiger charge is -2.18. The van der Waals surface area contributed by atoms with Gasteiger partial charge in [0.05, 0.1) is 11.1 Å². The average Bonchev–Trinajstić information content (AvgIpc) is 3.45. The number of rotatable bonds is 14. The van der Waals surface area contributed by atoms with Gasteiger partial charge in [0.1, 0.15) is 5.00 Å². The van der Waals surface area contributed by atoms with Crippen LogP contribution in [-0.2, 0) is 35.4 Å². The quantitative estimate of drug-likeness (QED) is 0.135. The predicted molar refractivity (Wildman–Crippen MR) is 183 cm³/mol. The number of carbonyl (C=O) groups is 5. The van der Waals surface area contributed by atoms with Crippen LogP contribution in [-0.4, -0.2) is 39.9 Å². The lowest BCUT2D eigenvalue weighted by atomic mass is 9.92. The fourth-order valence-corrected chi connectivity index (χ4v) is 7.19. The third kappa shape index (κ3) is 9.28. The summed E-state index contributed by atoms with van der Waals surface area (Å²) >= 11 is 1.45. The van der Waals surface area contributed by atoms with Crippen LogP contribution < -0.4 is 16.0 Å². The summed E-state index contributed by atoms with van der Waals surface area (Å²) in [5, 5.41) is 27.2. The Morgan fingerprint density at radius 2 is 1.65 bits per heavy atom. The summed E-state index contributed by atoms with van der Waals surface area (Å²) in [6.45, 7) is 0.206. The number of benzene rings is 2. The van der Waals surface area contributed by atoms with Gasteiger partial charge in [0, 0.05) is 35.5 Å². The molecule has 5 N–H and O–H groups in total. The van der Waals surface area contributed by atoms with Gasteiger partial charge in [-0.2, -0.15) is 0 Å². The van der Waals surface area contributed by atoms with Crippen molar-refractivity contribution in [2.45, 2.75) is 70.8 Å². The molecule has 3 amide bonds. The maximum Gasteiger partial charge on any atom is 0.335 e. The first kappa shape index (κ1) is 34.3. The van der Waals surface area contributed by atoms with Gasteiger partial charge in [0.25, 0.3) is 11.8 Å². The number of anilines is 1. The van der Waals surface area contributed by atoms with Crippen LogP contribution >= 0.6 is 11.3 Å². The number of thiophene rings is 1. The highest BCUT2D eigenvalue weighted by Crippen LogP contribution is 2.38. The van der Waals surface area contributed by atoms with Crippen LogP contribution in [0.2, 0.25) is 0 Å². The van der Waals surface area contributed by atoms with Crippen molar-refractivity contribution in [2.24, 2.45) is 5.92 Å². The van der Waals surface area contributed by atoms with E-state index in [0.717, 1.165) is 66.5 Å². The topological polar surface area (TPSA) is 162 Å². The minimum Gasteiger partial charge on any atom is -0.481 e. The van der Waals surface area contributed by atoms with E-state index in [1.54, 1.807) is 36.4 Å². The van der Waals surface area contributed by atoms with E-state index in [4.69, 9.17) is 10.2 Å². The number of carboxylic acids is 2. The molecule has 0 saturated heterocycles. The first-order valence-corrected chi connectivity index (χ1v) is 17.0. The van der Waals surface area contributed by atoms with Crippen molar-refractivity contribution in [2.75, 3.05) is 5.32 Å². The Morgan fingerprint density at radius 3 is 2.38 bits per heavy atom. The first-order valence-electron chi connectivity index (χ1n) is 16.2. The Labute approximate surface area is 283 Å². The number of aromatic carboxylic acids is 1. The summed E-state index contributed by atoms with van der Waals surface area (Å²) < 4.78 is 0. The predicted octanol–water partition coefficient (Wildman–Crippen LogP) is 6.27. The van der Waals surface area contributed by atoms with E-state index in [-0.39, 0.29) is 49.1 Å². The molecule has 0 radical (unpaired) electrons. The van der Waals surface area contributed by atoms with Crippen molar-refractivity contribution in [3.05, 3.63) is 111 Å². The lowest BCUT2D eigenvalue weighted by molar-refractivity contribution is -0.137. The third-order valence-corrected chi connectivity index (χ3v) is 9.76. The van der Waals surface area contributed by atoms with E-state index in [1.165, 1.54) is 11.3 Å². The van der Waals surface area contributed by atoms with Crippen molar-refractivity contribution in [3.63, 3.8) is 0 Å². The van der Waals surface area contributed by atoms with Gasteiger partial charge in [-0.1, -0.05) is 36.4 Å². The van der Waals surface area contributed by atoms with Crippen LogP contribution in [0.5, 0.6) is 0 Å². The van der Waals surface area contributed by atoms with Gasteiger partial charge in [-0.3, -0.25) is 19.2 Å². The SMILES string of the molecule is O=C(O)CCCC(=O)NCc1cccc(C(=O)Nc2sc3c(c2C(=O)NC2=CCC(CCc4ccc(C(=O)O)cc4)C=C2)CCCC3)c1. The molecule has 2 aliphatic rings. The largest absolute Gasteiger partial charge is 0.481 e. The summed E-state index contributed by atoms with van der Waals surface area (Å²) in [5.41, 5.74) is 4.69. The van der Waals surface area contributed by atoms with E-state index < -0.39 is 11.9 Å². The molecule has 5 rings (SSSR count). The van der Waals surface area contributed by atoms with Crippen molar-refractivity contribution in [3.8, 4) is 0 Å². The zero-order valence-corrected chi connectivity index (χ0v) is 27.4. The van der Waals surface area contributed by atoms with Gasteiger partial charge in [0.15, 0.2) is 0 Å². The minimum atomic E-state index is -0.942. The molecule has 0 spiro atoms. The number of aliphatic carboxylic acids is 1. The second kappa shape index (κ2) is 16.2. The van der Waals surface area contributed by atoms with Crippen LogP contribution in [0.4, 0.5) is 5.00 Å². The number of carbonyl (C=O) groups excluding carboxylic acids is 3. The van der Waals surface area contributed by atoms with Gasteiger partial charge >= 0.3 is 11.9 Å². The number of hydrogen-bond acceptors (Lipinski definition) is 6. The minimum absolute atomic E-state index is 0.0698. The molecule has 2 aromatic carbocycles. The van der Waals surface area contributed by atoms with Crippen LogP contribution in [0.25, 0.3) is 0 Å². The molecule has 2 aliphatic carbocycles. The van der Waals surface area contributed by atoms with Gasteiger partial charge in [-0.05, 0) is 104 Å². The lowest BCUT2D eigenvalue weighted by Crippen LogP contribution is -2.26. The molecule has 1 heterocycles. The molecule has 10 nitrogen and oxygen atoms in total. The third-order valence-electron chi connectivity index (χ3n) is 8.55. The smallest absolute Gasteiger partial charge is 0.335 e. The summed E-state index contributed by atoms with van der Waals surface area (Å²) in [4.78, 5) is 62.1. The highest BCUT2D eigenvalue weighted by molar-refractivity contribution is 7.17. The molecule has 0 fully saturated rings. The molecule has 11 heteroatoms. The second-order valence-corrected chi connectivity index (χ2v) is 13.2. The molecule has 3 aromatic rings. The number of carboxylic acid groups (broad SMARTS) is 2. The number of hydrogen-bond donors (Lipinski definition) is 5. The normalized spacial score (nSPS) is 15.2. The molecule has 1 atom stereocenters. The molecule has 0 bridgehead atoms. The number of amides is 3. The average molecular weight is 670 g/mol. The summed E-state index contributed by atoms with van der Waals surface area (Å²) in [5.74, 6) is -2.44. The fraction of sp³-hybridized carbons (Fsp3) is 0.324. The van der Waals surface area contributed by atoms with E-state index in [1.807, 2.05) is 24.3 Å². The molecule has 48 heavy (non-hydrogen) atoms. The van der Waals surface area contributed by atoms with Crippen molar-refractivity contribution in [1.82, 2.24) is 10.6 Å². The van der Waals surface area contributed by atoms with E-state index >= 15 is 0 Å². The van der Waals surface area contributed by atoms with Crippen LogP contribution in [0.15, 0.2) is 72.5 Å². The molecular weight excluding hydrogens is 630 g/mol. The van der Waals surface area contributed by atoms with Gasteiger partial charge < -0.3 is 26.2 Å². The zero-order valence-electron chi connectivity index (χ0n) is 26.6. The maximum absolute atomic E-state index is 13.7. The molecule has 250 valence electrons. The molecule has 1 unspecified atom stereocenters. The van der Waals surface area contributed by atoms with E-state index in [9.17, 15) is 24.0 Å². The van der Waals surface area contributed by atoms with Gasteiger partial charge in [-0.25, -0.2) is 4.79 Å². The summed E-state index contributed by atoms with van der Waals surface area (Å²) in [7, 11) is 0. The molecule has 0 saturated carbocycles. The Kier molecular flexibility index (Phi) is 11.6. The van der Waals surface area contributed by atoms with Crippen molar-refractivity contribution in [1.29, 1.82) is 0 Å². The number of aryl methyl sites for hydroxylation is 2. The molecule has 1 aromatic heterocycles. The van der Waals surface area contributed by atoms with Crippen LogP contribution in [0, 0.1) is 5.92 Å². The summed E-state index contributed by atoms with van der Waals surface area (Å²) in [6.07, 6.45) is 12.5. The summed E-state index contributed by atoms with van der Waals surface area (Å²) in [6, 6.07) is 13.8. The number of allylic oxidation sites excluding steroid dienone is 3. The number of nitrogens with one attached hydrogen (secondary N) is 3. The number of fused-ring (bicyclic) bond motifs is 1.